The van der Waals surface area contributed by atoms with Crippen LogP contribution in [0.3, 0.4) is 0 Å². The van der Waals surface area contributed by atoms with Gasteiger partial charge < -0.3 is 25.9 Å². The molecule has 0 amide bonds. The van der Waals surface area contributed by atoms with Crippen molar-refractivity contribution in [1.29, 1.82) is 0 Å². The number of aromatic nitrogens is 2. The van der Waals surface area contributed by atoms with E-state index >= 15 is 0 Å². The minimum absolute atomic E-state index is 0.128. The van der Waals surface area contributed by atoms with E-state index in [1.54, 1.807) is 42.6 Å². The fourth-order valence-corrected chi connectivity index (χ4v) is 6.66. The molecular formula is C41H31N5O4. The molecule has 2 aromatic heterocycles. The van der Waals surface area contributed by atoms with E-state index in [4.69, 9.17) is 15.1 Å². The third-order valence-corrected chi connectivity index (χ3v) is 9.09. The van der Waals surface area contributed by atoms with Gasteiger partial charge in [0.05, 0.1) is 33.5 Å². The van der Waals surface area contributed by atoms with Crippen molar-refractivity contribution in [2.75, 3.05) is 16.4 Å². The number of aryl methyl sites for hydroxylation is 1. The SMILES string of the molecule is Cc1ccc2cccc(NCc3c4oc5c(CNc6cccc7cccnc67)c(N)ccc5c(-c5ccccc5C(=O)O)c-4ccc3=O)c2n1. The van der Waals surface area contributed by atoms with Crippen molar-refractivity contribution in [1.82, 2.24) is 9.97 Å². The maximum absolute atomic E-state index is 13.7. The van der Waals surface area contributed by atoms with Gasteiger partial charge >= 0.3 is 5.97 Å². The van der Waals surface area contributed by atoms with E-state index in [0.29, 0.717) is 50.2 Å². The zero-order valence-electron chi connectivity index (χ0n) is 27.0. The molecule has 0 radical (unpaired) electrons. The molecule has 8 rings (SSSR count). The number of nitrogens with one attached hydrogen (secondary N) is 2. The van der Waals surface area contributed by atoms with E-state index in [9.17, 15) is 14.7 Å². The van der Waals surface area contributed by atoms with E-state index in [2.05, 4.69) is 15.6 Å². The molecule has 244 valence electrons. The average molecular weight is 658 g/mol. The summed E-state index contributed by atoms with van der Waals surface area (Å²) in [5.41, 5.74) is 14.4. The van der Waals surface area contributed by atoms with Gasteiger partial charge in [0.15, 0.2) is 5.43 Å². The monoisotopic (exact) mass is 657 g/mol. The number of carboxylic acid groups (broad SMARTS) is 1. The smallest absolute Gasteiger partial charge is 0.336 e. The fraction of sp³-hybridized carbons (Fsp3) is 0.0732. The zero-order chi connectivity index (χ0) is 34.4. The highest BCUT2D eigenvalue weighted by Crippen LogP contribution is 2.44. The number of benzene rings is 5. The van der Waals surface area contributed by atoms with Crippen molar-refractivity contribution >= 4 is 55.8 Å². The van der Waals surface area contributed by atoms with Crippen LogP contribution in [-0.4, -0.2) is 21.0 Å². The van der Waals surface area contributed by atoms with Gasteiger partial charge in [-0.2, -0.15) is 0 Å². The Labute approximate surface area is 286 Å². The van der Waals surface area contributed by atoms with E-state index < -0.39 is 5.97 Å². The number of rotatable bonds is 8. The number of carboxylic acids is 1. The highest BCUT2D eigenvalue weighted by Gasteiger charge is 2.26. The van der Waals surface area contributed by atoms with E-state index in [0.717, 1.165) is 38.9 Å². The van der Waals surface area contributed by atoms with Crippen molar-refractivity contribution in [3.63, 3.8) is 0 Å². The lowest BCUT2D eigenvalue weighted by atomic mass is 9.88. The molecular weight excluding hydrogens is 626 g/mol. The van der Waals surface area contributed by atoms with Crippen LogP contribution in [0.5, 0.6) is 0 Å². The Bertz CT molecular complexity index is 2640. The third-order valence-electron chi connectivity index (χ3n) is 9.09. The molecule has 4 aromatic carbocycles. The lowest BCUT2D eigenvalue weighted by Gasteiger charge is -2.21. The van der Waals surface area contributed by atoms with Crippen molar-refractivity contribution in [3.8, 4) is 22.5 Å². The van der Waals surface area contributed by atoms with E-state index in [1.165, 1.54) is 6.07 Å². The Morgan fingerprint density at radius 1 is 0.760 bits per heavy atom. The molecule has 0 fully saturated rings. The summed E-state index contributed by atoms with van der Waals surface area (Å²) < 4.78 is 6.76. The molecule has 1 aliphatic heterocycles. The first-order chi connectivity index (χ1) is 24.4. The van der Waals surface area contributed by atoms with Crippen LogP contribution >= 0.6 is 0 Å². The van der Waals surface area contributed by atoms with E-state index in [1.807, 2.05) is 73.7 Å². The molecule has 9 nitrogen and oxygen atoms in total. The van der Waals surface area contributed by atoms with Crippen LogP contribution in [0.1, 0.15) is 27.2 Å². The standard InChI is InChI=1S/C41H31N5O4/c1-23-14-15-25-8-5-13-34(38(25)46-23)45-22-31-35(47)19-17-29-36(26-10-2-3-11-27(26)41(48)49)28-16-18-32(42)30(39(28)50-40(29)31)21-44-33-12-4-7-24-9-6-20-43-37(24)33/h2-20,44-45H,21-22,42H2,1H3,(H,48,49). The molecule has 0 bridgehead atoms. The number of nitrogens with two attached hydrogens (primary N) is 1. The Hall–Kier alpha value is -6.74. The maximum Gasteiger partial charge on any atom is 0.336 e. The molecule has 0 saturated carbocycles. The van der Waals surface area contributed by atoms with Gasteiger partial charge in [-0.3, -0.25) is 14.8 Å². The summed E-state index contributed by atoms with van der Waals surface area (Å²) in [5, 5.41) is 19.8. The second-order valence-electron chi connectivity index (χ2n) is 12.2. The summed E-state index contributed by atoms with van der Waals surface area (Å²) >= 11 is 0. The Kier molecular flexibility index (Phi) is 7.57. The van der Waals surface area contributed by atoms with Crippen LogP contribution in [0.15, 0.2) is 125 Å². The average Bonchev–Trinajstić information content (AvgIpc) is 3.13. The Morgan fingerprint density at radius 2 is 1.48 bits per heavy atom. The maximum atomic E-state index is 13.7. The summed E-state index contributed by atoms with van der Waals surface area (Å²) in [6.45, 7) is 2.35. The van der Waals surface area contributed by atoms with Crippen molar-refractivity contribution in [2.24, 2.45) is 0 Å². The second kappa shape index (κ2) is 12.4. The van der Waals surface area contributed by atoms with Gasteiger partial charge in [-0.25, -0.2) is 4.79 Å². The molecule has 0 unspecified atom stereocenters. The third kappa shape index (κ3) is 5.31. The predicted molar refractivity (Wildman–Crippen MR) is 199 cm³/mol. The number of hydrogen-bond donors (Lipinski definition) is 4. The molecule has 6 aromatic rings. The van der Waals surface area contributed by atoms with Gasteiger partial charge in [0.25, 0.3) is 0 Å². The summed E-state index contributed by atoms with van der Waals surface area (Å²) in [5.74, 6) is -0.722. The minimum Gasteiger partial charge on any atom is -0.478 e. The molecule has 5 N–H and O–H groups in total. The van der Waals surface area contributed by atoms with Gasteiger partial charge in [-0.15, -0.1) is 0 Å². The molecule has 2 aliphatic rings. The molecule has 0 saturated heterocycles. The number of carbonyl (C=O) groups is 1. The molecule has 50 heavy (non-hydrogen) atoms. The van der Waals surface area contributed by atoms with Crippen LogP contribution in [-0.2, 0) is 13.1 Å². The summed E-state index contributed by atoms with van der Waals surface area (Å²) in [7, 11) is 0. The quantitative estimate of drug-likeness (QED) is 0.0934. The minimum atomic E-state index is -1.07. The number of nitrogen functional groups attached to an aromatic ring is 1. The summed E-state index contributed by atoms with van der Waals surface area (Å²) in [4.78, 5) is 35.5. The van der Waals surface area contributed by atoms with Crippen LogP contribution in [0.4, 0.5) is 17.1 Å². The fourth-order valence-electron chi connectivity index (χ4n) is 6.66. The lowest BCUT2D eigenvalue weighted by molar-refractivity contribution is 0.0697. The van der Waals surface area contributed by atoms with Crippen molar-refractivity contribution in [2.45, 2.75) is 20.0 Å². The number of hydrogen-bond acceptors (Lipinski definition) is 8. The molecule has 3 heterocycles. The number of anilines is 3. The largest absolute Gasteiger partial charge is 0.478 e. The number of fused-ring (bicyclic) bond motifs is 4. The number of para-hydroxylation sites is 2. The Balaban J connectivity index is 1.33. The van der Waals surface area contributed by atoms with Crippen LogP contribution < -0.4 is 21.8 Å². The number of pyridine rings is 2. The lowest BCUT2D eigenvalue weighted by Crippen LogP contribution is -2.15. The first kappa shape index (κ1) is 30.6. The molecule has 9 heteroatoms. The summed E-state index contributed by atoms with van der Waals surface area (Å²) in [6.07, 6.45) is 1.75. The van der Waals surface area contributed by atoms with Crippen LogP contribution in [0, 0.1) is 6.92 Å². The Morgan fingerprint density at radius 3 is 2.28 bits per heavy atom. The van der Waals surface area contributed by atoms with Crippen LogP contribution in [0.25, 0.3) is 55.2 Å². The number of aromatic carboxylic acids is 1. The first-order valence-electron chi connectivity index (χ1n) is 16.2. The molecule has 0 atom stereocenters. The molecule has 0 spiro atoms. The predicted octanol–water partition coefficient (Wildman–Crippen LogP) is 8.47. The van der Waals surface area contributed by atoms with E-state index in [-0.39, 0.29) is 24.1 Å². The normalized spacial score (nSPS) is 11.4. The highest BCUT2D eigenvalue weighted by molar-refractivity contribution is 6.09. The van der Waals surface area contributed by atoms with Gasteiger partial charge in [0, 0.05) is 63.5 Å². The van der Waals surface area contributed by atoms with Crippen LogP contribution in [0.2, 0.25) is 0 Å². The molecule has 1 aliphatic carbocycles. The zero-order valence-corrected chi connectivity index (χ0v) is 27.0. The highest BCUT2D eigenvalue weighted by atomic mass is 16.4. The van der Waals surface area contributed by atoms with Gasteiger partial charge in [0.2, 0.25) is 0 Å². The number of nitrogens with zero attached hydrogens (tertiary/aromatic N) is 2. The van der Waals surface area contributed by atoms with Gasteiger partial charge in [-0.1, -0.05) is 54.6 Å². The first-order valence-corrected chi connectivity index (χ1v) is 16.2. The summed E-state index contributed by atoms with van der Waals surface area (Å²) in [6, 6.07) is 33.3. The second-order valence-corrected chi connectivity index (χ2v) is 12.2. The van der Waals surface area contributed by atoms with Gasteiger partial charge in [0.1, 0.15) is 11.3 Å². The van der Waals surface area contributed by atoms with Crippen molar-refractivity contribution in [3.05, 3.63) is 148 Å². The van der Waals surface area contributed by atoms with Gasteiger partial charge in [-0.05, 0) is 67.1 Å². The topological polar surface area (TPSA) is 143 Å². The van der Waals surface area contributed by atoms with Crippen molar-refractivity contribution < 1.29 is 14.3 Å².